The maximum absolute atomic E-state index is 5.91. The van der Waals surface area contributed by atoms with Crippen LogP contribution in [-0.2, 0) is 19.6 Å². The van der Waals surface area contributed by atoms with Crippen molar-refractivity contribution in [1.82, 2.24) is 15.2 Å². The molecule has 0 aliphatic carbocycles. The number of furan rings is 1. The maximum Gasteiger partial charge on any atom is 0.120 e. The third-order valence-corrected chi connectivity index (χ3v) is 3.95. The van der Waals surface area contributed by atoms with E-state index in [1.165, 1.54) is 5.56 Å². The second-order valence-electron chi connectivity index (χ2n) is 5.13. The monoisotopic (exact) mass is 293 g/mol. The van der Waals surface area contributed by atoms with Gasteiger partial charge in [0.05, 0.1) is 23.8 Å². The Hall–Kier alpha value is -1.17. The van der Waals surface area contributed by atoms with Crippen LogP contribution in [0.4, 0.5) is 0 Å². The molecule has 0 bridgehead atoms. The molecule has 0 saturated carbocycles. The summed E-state index contributed by atoms with van der Waals surface area (Å²) < 4.78 is 5.91. The normalized spacial score (nSPS) is 11.4. The summed E-state index contributed by atoms with van der Waals surface area (Å²) in [5.41, 5.74) is 2.35. The van der Waals surface area contributed by atoms with Crippen molar-refractivity contribution < 1.29 is 4.42 Å². The summed E-state index contributed by atoms with van der Waals surface area (Å²) in [5.74, 6) is 2.06. The van der Waals surface area contributed by atoms with E-state index in [2.05, 4.69) is 47.5 Å². The lowest BCUT2D eigenvalue weighted by atomic mass is 10.2. The van der Waals surface area contributed by atoms with Crippen molar-refractivity contribution >= 4 is 11.3 Å². The molecular weight excluding hydrogens is 270 g/mol. The van der Waals surface area contributed by atoms with Crippen LogP contribution in [0.1, 0.15) is 34.7 Å². The van der Waals surface area contributed by atoms with Crippen molar-refractivity contribution in [3.63, 3.8) is 0 Å². The van der Waals surface area contributed by atoms with Gasteiger partial charge in [-0.3, -0.25) is 4.90 Å². The van der Waals surface area contributed by atoms with Crippen molar-refractivity contribution in [1.29, 1.82) is 0 Å². The van der Waals surface area contributed by atoms with Gasteiger partial charge in [0.25, 0.3) is 0 Å². The van der Waals surface area contributed by atoms with Crippen LogP contribution in [0.5, 0.6) is 0 Å². The van der Waals surface area contributed by atoms with Gasteiger partial charge in [0.1, 0.15) is 11.5 Å². The van der Waals surface area contributed by atoms with Crippen LogP contribution in [0, 0.1) is 13.8 Å². The fourth-order valence-electron chi connectivity index (χ4n) is 2.16. The molecule has 0 amide bonds. The van der Waals surface area contributed by atoms with Gasteiger partial charge in [-0.15, -0.1) is 11.3 Å². The first kappa shape index (κ1) is 15.2. The molecule has 2 aromatic rings. The Kier molecular flexibility index (Phi) is 5.34. The second-order valence-corrected chi connectivity index (χ2v) is 6.19. The molecule has 20 heavy (non-hydrogen) atoms. The lowest BCUT2D eigenvalue weighted by Gasteiger charge is -2.13. The van der Waals surface area contributed by atoms with Gasteiger partial charge in [0, 0.05) is 11.9 Å². The number of rotatable bonds is 7. The molecule has 0 atom stereocenters. The molecule has 0 aromatic carbocycles. The van der Waals surface area contributed by atoms with Crippen LogP contribution in [0.2, 0.25) is 0 Å². The van der Waals surface area contributed by atoms with Gasteiger partial charge in [-0.05, 0) is 39.1 Å². The van der Waals surface area contributed by atoms with Gasteiger partial charge < -0.3 is 9.73 Å². The minimum absolute atomic E-state index is 0.803. The van der Waals surface area contributed by atoms with Gasteiger partial charge in [0.15, 0.2) is 0 Å². The average molecular weight is 293 g/mol. The molecule has 1 N–H and O–H groups in total. The first-order valence-corrected chi connectivity index (χ1v) is 7.85. The molecule has 0 saturated heterocycles. The molecule has 0 aliphatic heterocycles. The van der Waals surface area contributed by atoms with Crippen LogP contribution >= 0.6 is 11.3 Å². The topological polar surface area (TPSA) is 41.3 Å². The zero-order valence-electron chi connectivity index (χ0n) is 12.7. The molecule has 4 nitrogen and oxygen atoms in total. The minimum atomic E-state index is 0.803. The van der Waals surface area contributed by atoms with Crippen LogP contribution in [0.25, 0.3) is 0 Å². The van der Waals surface area contributed by atoms with E-state index in [1.54, 1.807) is 11.3 Å². The number of hydrogen-bond donors (Lipinski definition) is 1. The summed E-state index contributed by atoms with van der Waals surface area (Å²) in [4.78, 5) is 6.72. The van der Waals surface area contributed by atoms with Crippen molar-refractivity contribution in [2.24, 2.45) is 0 Å². The van der Waals surface area contributed by atoms with E-state index < -0.39 is 0 Å². The fourth-order valence-corrected chi connectivity index (χ4v) is 2.77. The van der Waals surface area contributed by atoms with E-state index in [4.69, 9.17) is 4.42 Å². The third-order valence-electron chi connectivity index (χ3n) is 3.13. The maximum atomic E-state index is 5.91. The zero-order valence-corrected chi connectivity index (χ0v) is 13.5. The van der Waals surface area contributed by atoms with E-state index in [0.717, 1.165) is 48.4 Å². The number of nitrogens with one attached hydrogen (secondary N) is 1. The van der Waals surface area contributed by atoms with E-state index in [-0.39, 0.29) is 0 Å². The second kappa shape index (κ2) is 7.02. The van der Waals surface area contributed by atoms with Crippen LogP contribution in [-0.4, -0.2) is 23.5 Å². The number of hydrogen-bond acceptors (Lipinski definition) is 5. The Labute approximate surface area is 124 Å². The summed E-state index contributed by atoms with van der Waals surface area (Å²) >= 11 is 1.70. The van der Waals surface area contributed by atoms with E-state index in [9.17, 15) is 0 Å². The summed E-state index contributed by atoms with van der Waals surface area (Å²) in [6.07, 6.45) is 0. The SMILES string of the molecule is CCNCc1oc(CN(C)Cc2csc(C)n2)cc1C. The molecule has 2 aromatic heterocycles. The summed E-state index contributed by atoms with van der Waals surface area (Å²) in [6, 6.07) is 2.13. The van der Waals surface area contributed by atoms with Gasteiger partial charge >= 0.3 is 0 Å². The first-order valence-electron chi connectivity index (χ1n) is 6.97. The van der Waals surface area contributed by atoms with Crippen LogP contribution in [0.3, 0.4) is 0 Å². The van der Waals surface area contributed by atoms with E-state index in [1.807, 2.05) is 6.92 Å². The highest BCUT2D eigenvalue weighted by Crippen LogP contribution is 2.17. The van der Waals surface area contributed by atoms with E-state index in [0.29, 0.717) is 0 Å². The van der Waals surface area contributed by atoms with E-state index >= 15 is 0 Å². The third kappa shape index (κ3) is 4.16. The number of thiazole rings is 1. The summed E-state index contributed by atoms with van der Waals surface area (Å²) in [7, 11) is 2.09. The molecule has 0 unspecified atom stereocenters. The van der Waals surface area contributed by atoms with Gasteiger partial charge in [-0.25, -0.2) is 4.98 Å². The average Bonchev–Trinajstić information content (AvgIpc) is 2.93. The molecule has 2 rings (SSSR count). The predicted molar refractivity (Wildman–Crippen MR) is 82.8 cm³/mol. The molecule has 0 aliphatic rings. The lowest BCUT2D eigenvalue weighted by Crippen LogP contribution is -2.17. The Bertz CT molecular complexity index is 547. The fraction of sp³-hybridized carbons (Fsp3) is 0.533. The molecule has 2 heterocycles. The van der Waals surface area contributed by atoms with Crippen molar-refractivity contribution in [2.45, 2.75) is 40.4 Å². The smallest absolute Gasteiger partial charge is 0.120 e. The lowest BCUT2D eigenvalue weighted by molar-refractivity contribution is 0.280. The standard InChI is InChI=1S/C15H23N3OS/c1-5-16-7-15-11(2)6-14(19-15)9-18(4)8-13-10-20-12(3)17-13/h6,10,16H,5,7-9H2,1-4H3. The van der Waals surface area contributed by atoms with Crippen molar-refractivity contribution in [3.8, 4) is 0 Å². The van der Waals surface area contributed by atoms with Gasteiger partial charge in [-0.1, -0.05) is 6.92 Å². The van der Waals surface area contributed by atoms with Crippen LogP contribution < -0.4 is 5.32 Å². The molecule has 0 fully saturated rings. The minimum Gasteiger partial charge on any atom is -0.463 e. The molecule has 0 spiro atoms. The van der Waals surface area contributed by atoms with Crippen LogP contribution in [0.15, 0.2) is 15.9 Å². The molecular formula is C15H23N3OS. The Morgan fingerprint density at radius 2 is 2.15 bits per heavy atom. The van der Waals surface area contributed by atoms with Crippen molar-refractivity contribution in [3.05, 3.63) is 39.2 Å². The molecule has 0 radical (unpaired) electrons. The highest BCUT2D eigenvalue weighted by Gasteiger charge is 2.10. The van der Waals surface area contributed by atoms with Crippen molar-refractivity contribution in [2.75, 3.05) is 13.6 Å². The highest BCUT2D eigenvalue weighted by atomic mass is 32.1. The quantitative estimate of drug-likeness (QED) is 0.851. The number of aryl methyl sites for hydroxylation is 2. The predicted octanol–water partition coefficient (Wildman–Crippen LogP) is 3.09. The molecule has 110 valence electrons. The highest BCUT2D eigenvalue weighted by molar-refractivity contribution is 7.09. The zero-order chi connectivity index (χ0) is 14.5. The Morgan fingerprint density at radius 3 is 2.80 bits per heavy atom. The summed E-state index contributed by atoms with van der Waals surface area (Å²) in [6.45, 7) is 9.66. The largest absolute Gasteiger partial charge is 0.463 e. The first-order chi connectivity index (χ1) is 9.58. The number of aromatic nitrogens is 1. The summed E-state index contributed by atoms with van der Waals surface area (Å²) in [5, 5.41) is 6.54. The number of nitrogens with zero attached hydrogens (tertiary/aromatic N) is 2. The molecule has 5 heteroatoms. The Morgan fingerprint density at radius 1 is 1.35 bits per heavy atom. The van der Waals surface area contributed by atoms with Gasteiger partial charge in [-0.2, -0.15) is 0 Å². The Balaban J connectivity index is 1.92. The van der Waals surface area contributed by atoms with Gasteiger partial charge in [0.2, 0.25) is 0 Å².